The molecule has 2 aliphatic rings. The molecule has 0 aromatic heterocycles. The van der Waals surface area contributed by atoms with E-state index in [1.54, 1.807) is 0 Å². The molecule has 0 saturated carbocycles. The molecule has 2 bridgehead atoms. The molecule has 0 amide bonds. The second kappa shape index (κ2) is 4.35. The van der Waals surface area contributed by atoms with E-state index in [-0.39, 0.29) is 11.8 Å². The minimum Gasteiger partial charge on any atom is -0.467 e. The van der Waals surface area contributed by atoms with Crippen molar-refractivity contribution in [1.29, 1.82) is 0 Å². The molecule has 108 valence electrons. The fraction of sp³-hybridized carbons (Fsp3) is 0.562. The summed E-state index contributed by atoms with van der Waals surface area (Å²) in [5.41, 5.74) is 2.02. The molecule has 2 aliphatic heterocycles. The van der Waals surface area contributed by atoms with Gasteiger partial charge < -0.3 is 15.0 Å². The van der Waals surface area contributed by atoms with Crippen LogP contribution in [0.5, 0.6) is 5.75 Å². The van der Waals surface area contributed by atoms with Gasteiger partial charge in [-0.05, 0) is 45.5 Å². The number of rotatable bonds is 1. The molecule has 4 heteroatoms. The van der Waals surface area contributed by atoms with Crippen molar-refractivity contribution in [2.75, 3.05) is 0 Å². The van der Waals surface area contributed by atoms with Crippen molar-refractivity contribution in [3.05, 3.63) is 29.3 Å². The van der Waals surface area contributed by atoms with Gasteiger partial charge in [0.15, 0.2) is 10.8 Å². The SMILES string of the molecule is Cc1cccc2c1OC1(C)C(C)C2NC(=S)N1C(C)C. The van der Waals surface area contributed by atoms with Gasteiger partial charge in [0.05, 0.1) is 6.04 Å². The molecule has 0 aliphatic carbocycles. The first-order valence-corrected chi connectivity index (χ1v) is 7.65. The number of fused-ring (bicyclic) bond motifs is 4. The second-order valence-electron chi connectivity index (χ2n) is 6.33. The number of ether oxygens (including phenoxy) is 1. The Morgan fingerprint density at radius 3 is 2.75 bits per heavy atom. The molecule has 20 heavy (non-hydrogen) atoms. The van der Waals surface area contributed by atoms with E-state index in [2.05, 4.69) is 63.0 Å². The second-order valence-corrected chi connectivity index (χ2v) is 6.72. The number of nitrogens with one attached hydrogen (secondary N) is 1. The van der Waals surface area contributed by atoms with Crippen LogP contribution in [0.4, 0.5) is 0 Å². The first-order chi connectivity index (χ1) is 9.36. The fourth-order valence-electron chi connectivity index (χ4n) is 3.56. The summed E-state index contributed by atoms with van der Waals surface area (Å²) in [6.45, 7) is 10.8. The van der Waals surface area contributed by atoms with Crippen molar-refractivity contribution in [1.82, 2.24) is 10.2 Å². The number of benzene rings is 1. The van der Waals surface area contributed by atoms with Crippen LogP contribution < -0.4 is 10.1 Å². The first kappa shape index (κ1) is 13.7. The van der Waals surface area contributed by atoms with E-state index in [0.29, 0.717) is 12.0 Å². The van der Waals surface area contributed by atoms with Crippen LogP contribution in [0, 0.1) is 12.8 Å². The lowest BCUT2D eigenvalue weighted by molar-refractivity contribution is -0.121. The molecule has 3 nitrogen and oxygen atoms in total. The van der Waals surface area contributed by atoms with Gasteiger partial charge in [-0.1, -0.05) is 25.1 Å². The van der Waals surface area contributed by atoms with Crippen LogP contribution in [0.1, 0.15) is 44.9 Å². The molecule has 0 radical (unpaired) electrons. The van der Waals surface area contributed by atoms with E-state index in [1.165, 1.54) is 11.1 Å². The van der Waals surface area contributed by atoms with Crippen molar-refractivity contribution in [3.8, 4) is 5.75 Å². The minimum atomic E-state index is -0.389. The molecule has 2 heterocycles. The normalized spacial score (nSPS) is 31.7. The van der Waals surface area contributed by atoms with Gasteiger partial charge >= 0.3 is 0 Å². The molecular formula is C16H22N2OS. The van der Waals surface area contributed by atoms with Crippen molar-refractivity contribution in [2.45, 2.75) is 52.4 Å². The number of aryl methyl sites for hydroxylation is 1. The van der Waals surface area contributed by atoms with Crippen LogP contribution in [0.2, 0.25) is 0 Å². The quantitative estimate of drug-likeness (QED) is 0.801. The lowest BCUT2D eigenvalue weighted by atomic mass is 9.80. The van der Waals surface area contributed by atoms with Crippen LogP contribution in [-0.2, 0) is 0 Å². The Hall–Kier alpha value is -1.29. The van der Waals surface area contributed by atoms with Gasteiger partial charge in [-0.2, -0.15) is 0 Å². The van der Waals surface area contributed by atoms with Gasteiger partial charge in [-0.25, -0.2) is 0 Å². The number of hydrogen-bond acceptors (Lipinski definition) is 2. The summed E-state index contributed by atoms with van der Waals surface area (Å²) in [6, 6.07) is 6.86. The van der Waals surface area contributed by atoms with E-state index >= 15 is 0 Å². The van der Waals surface area contributed by atoms with Crippen LogP contribution in [0.3, 0.4) is 0 Å². The molecule has 1 saturated heterocycles. The van der Waals surface area contributed by atoms with Gasteiger partial charge in [0.1, 0.15) is 5.75 Å². The van der Waals surface area contributed by atoms with E-state index in [9.17, 15) is 0 Å². The number of hydrogen-bond donors (Lipinski definition) is 1. The topological polar surface area (TPSA) is 24.5 Å². The molecule has 1 aromatic carbocycles. The summed E-state index contributed by atoms with van der Waals surface area (Å²) in [5, 5.41) is 4.30. The third kappa shape index (κ3) is 1.67. The lowest BCUT2D eigenvalue weighted by Gasteiger charge is -2.57. The van der Waals surface area contributed by atoms with Crippen LogP contribution >= 0.6 is 12.2 Å². The van der Waals surface area contributed by atoms with Gasteiger partial charge in [0.25, 0.3) is 0 Å². The van der Waals surface area contributed by atoms with Gasteiger partial charge in [0.2, 0.25) is 0 Å². The third-order valence-corrected chi connectivity index (χ3v) is 5.04. The van der Waals surface area contributed by atoms with E-state index in [0.717, 1.165) is 10.9 Å². The highest BCUT2D eigenvalue weighted by Gasteiger charge is 2.54. The molecule has 1 aromatic rings. The van der Waals surface area contributed by atoms with Crippen molar-refractivity contribution in [2.24, 2.45) is 5.92 Å². The molecular weight excluding hydrogens is 268 g/mol. The highest BCUT2D eigenvalue weighted by atomic mass is 32.1. The summed E-state index contributed by atoms with van der Waals surface area (Å²) in [4.78, 5) is 2.19. The summed E-state index contributed by atoms with van der Waals surface area (Å²) in [5.74, 6) is 1.34. The molecule has 0 spiro atoms. The van der Waals surface area contributed by atoms with Gasteiger partial charge in [0, 0.05) is 17.5 Å². The maximum atomic E-state index is 6.48. The highest BCUT2D eigenvalue weighted by molar-refractivity contribution is 7.80. The average Bonchev–Trinajstić information content (AvgIpc) is 2.34. The molecule has 3 unspecified atom stereocenters. The van der Waals surface area contributed by atoms with Gasteiger partial charge in [-0.15, -0.1) is 0 Å². The predicted octanol–water partition coefficient (Wildman–Crippen LogP) is 3.38. The third-order valence-electron chi connectivity index (χ3n) is 4.72. The smallest absolute Gasteiger partial charge is 0.187 e. The Balaban J connectivity index is 2.18. The monoisotopic (exact) mass is 290 g/mol. The maximum Gasteiger partial charge on any atom is 0.187 e. The lowest BCUT2D eigenvalue weighted by Crippen LogP contribution is -2.70. The average molecular weight is 290 g/mol. The summed E-state index contributed by atoms with van der Waals surface area (Å²) < 4.78 is 6.48. The van der Waals surface area contributed by atoms with E-state index < -0.39 is 0 Å². The molecule has 3 rings (SSSR count). The van der Waals surface area contributed by atoms with Crippen molar-refractivity contribution < 1.29 is 4.74 Å². The van der Waals surface area contributed by atoms with Gasteiger partial charge in [-0.3, -0.25) is 0 Å². The Labute approximate surface area is 126 Å². The van der Waals surface area contributed by atoms with E-state index in [4.69, 9.17) is 17.0 Å². The molecule has 1 fully saturated rings. The zero-order chi connectivity index (χ0) is 14.7. The Kier molecular flexibility index (Phi) is 2.98. The van der Waals surface area contributed by atoms with Crippen LogP contribution in [-0.4, -0.2) is 21.8 Å². The summed E-state index contributed by atoms with van der Waals surface area (Å²) >= 11 is 5.58. The number of thiocarbonyl (C=S) groups is 1. The number of nitrogens with zero attached hydrogens (tertiary/aromatic N) is 1. The highest BCUT2D eigenvalue weighted by Crippen LogP contribution is 2.49. The van der Waals surface area contributed by atoms with Crippen molar-refractivity contribution >= 4 is 17.3 Å². The van der Waals surface area contributed by atoms with Crippen LogP contribution in [0.25, 0.3) is 0 Å². The minimum absolute atomic E-state index is 0.228. The van der Waals surface area contributed by atoms with Crippen molar-refractivity contribution in [3.63, 3.8) is 0 Å². The zero-order valence-corrected chi connectivity index (χ0v) is 13.5. The summed E-state index contributed by atoms with van der Waals surface area (Å²) in [6.07, 6.45) is 0. The fourth-order valence-corrected chi connectivity index (χ4v) is 4.08. The predicted molar refractivity (Wildman–Crippen MR) is 84.8 cm³/mol. The largest absolute Gasteiger partial charge is 0.467 e. The zero-order valence-electron chi connectivity index (χ0n) is 12.7. The van der Waals surface area contributed by atoms with Crippen LogP contribution in [0.15, 0.2) is 18.2 Å². The molecule has 3 atom stereocenters. The maximum absolute atomic E-state index is 6.48. The Morgan fingerprint density at radius 1 is 1.40 bits per heavy atom. The summed E-state index contributed by atoms with van der Waals surface area (Å²) in [7, 11) is 0. The Morgan fingerprint density at radius 2 is 2.10 bits per heavy atom. The molecule has 1 N–H and O–H groups in total. The first-order valence-electron chi connectivity index (χ1n) is 7.24. The standard InChI is InChI=1S/C16H22N2OS/c1-9(2)18-15(20)17-13-11(4)16(18,5)19-14-10(3)7-6-8-12(13)14/h6-9,11,13H,1-5H3,(H,17,20). The Bertz CT molecular complexity index is 572. The van der Waals surface area contributed by atoms with E-state index in [1.807, 2.05) is 0 Å². The number of para-hydroxylation sites is 1.